The van der Waals surface area contributed by atoms with Crippen molar-refractivity contribution in [2.24, 2.45) is 0 Å². The number of ether oxygens (including phenoxy) is 1. The number of pyridine rings is 1. The summed E-state index contributed by atoms with van der Waals surface area (Å²) in [6.45, 7) is 2.12. The zero-order valence-electron chi connectivity index (χ0n) is 17.4. The molecule has 0 aliphatic carbocycles. The Labute approximate surface area is 189 Å². The van der Waals surface area contributed by atoms with Crippen LogP contribution in [0, 0.1) is 6.92 Å². The van der Waals surface area contributed by atoms with Crippen LogP contribution in [0.5, 0.6) is 0 Å². The normalized spacial score (nSPS) is 11.4. The van der Waals surface area contributed by atoms with Gasteiger partial charge in [-0.3, -0.25) is 0 Å². The summed E-state index contributed by atoms with van der Waals surface area (Å²) < 4.78 is 9.16. The van der Waals surface area contributed by atoms with Gasteiger partial charge in [0.15, 0.2) is 0 Å². The fourth-order valence-corrected chi connectivity index (χ4v) is 4.18. The van der Waals surface area contributed by atoms with Gasteiger partial charge in [-0.25, -0.2) is 14.5 Å². The van der Waals surface area contributed by atoms with Crippen molar-refractivity contribution in [3.8, 4) is 16.3 Å². The number of esters is 1. The average molecular weight is 441 g/mol. The molecule has 0 bridgehead atoms. The van der Waals surface area contributed by atoms with Gasteiger partial charge in [-0.1, -0.05) is 30.3 Å². The van der Waals surface area contributed by atoms with Crippen molar-refractivity contribution < 1.29 is 9.53 Å². The summed E-state index contributed by atoms with van der Waals surface area (Å²) in [6, 6.07) is 17.8. The fourth-order valence-electron chi connectivity index (χ4n) is 3.45. The molecule has 7 heteroatoms. The zero-order chi connectivity index (χ0) is 21.9. The lowest BCUT2D eigenvalue weighted by Crippen LogP contribution is -2.00. The number of nitrogens with zero attached hydrogens (tertiary/aromatic N) is 4. The lowest BCUT2D eigenvalue weighted by atomic mass is 10.2. The molecule has 0 aliphatic rings. The summed E-state index contributed by atoms with van der Waals surface area (Å²) in [5.74, 6) is -0.427. The van der Waals surface area contributed by atoms with Gasteiger partial charge in [-0.05, 0) is 48.2 Å². The molecule has 4 heterocycles. The van der Waals surface area contributed by atoms with Crippen molar-refractivity contribution in [3.63, 3.8) is 0 Å². The van der Waals surface area contributed by atoms with Crippen molar-refractivity contribution in [3.05, 3.63) is 101 Å². The molecule has 4 aromatic heterocycles. The Bertz CT molecular complexity index is 1400. The number of para-hydroxylation sites is 1. The quantitative estimate of drug-likeness (QED) is 0.265. The number of hydrogen-bond acceptors (Lipinski definition) is 5. The molecule has 0 saturated heterocycles. The van der Waals surface area contributed by atoms with Gasteiger partial charge in [-0.15, -0.1) is 11.3 Å². The molecule has 0 unspecified atom stereocenters. The van der Waals surface area contributed by atoms with Crippen molar-refractivity contribution in [2.75, 3.05) is 0 Å². The summed E-state index contributed by atoms with van der Waals surface area (Å²) in [5, 5.41) is 6.75. The second kappa shape index (κ2) is 8.64. The average Bonchev–Trinajstić information content (AvgIpc) is 3.56. The van der Waals surface area contributed by atoms with Crippen LogP contribution in [0.25, 0.3) is 28.0 Å². The van der Waals surface area contributed by atoms with Gasteiger partial charge in [0, 0.05) is 30.2 Å². The van der Waals surface area contributed by atoms with Crippen LogP contribution in [-0.4, -0.2) is 25.1 Å². The Hall–Kier alpha value is -3.97. The number of carbonyl (C=O) groups is 1. The zero-order valence-corrected chi connectivity index (χ0v) is 18.2. The molecule has 0 atom stereocenters. The predicted molar refractivity (Wildman–Crippen MR) is 126 cm³/mol. The van der Waals surface area contributed by atoms with E-state index in [0.29, 0.717) is 5.69 Å². The summed E-state index contributed by atoms with van der Waals surface area (Å²) in [6.07, 6.45) is 8.90. The van der Waals surface area contributed by atoms with Crippen molar-refractivity contribution in [2.45, 2.75) is 13.5 Å². The van der Waals surface area contributed by atoms with Crippen LogP contribution in [0.4, 0.5) is 0 Å². The second-order valence-corrected chi connectivity index (χ2v) is 8.23. The van der Waals surface area contributed by atoms with Gasteiger partial charge >= 0.3 is 5.97 Å². The van der Waals surface area contributed by atoms with Gasteiger partial charge in [-0.2, -0.15) is 5.10 Å². The Morgan fingerprint density at radius 2 is 1.97 bits per heavy atom. The number of fused-ring (bicyclic) bond motifs is 1. The third-order valence-electron chi connectivity index (χ3n) is 5.01. The lowest BCUT2D eigenvalue weighted by Gasteiger charge is -1.99. The van der Waals surface area contributed by atoms with E-state index in [4.69, 9.17) is 9.84 Å². The maximum Gasteiger partial charge on any atom is 0.331 e. The van der Waals surface area contributed by atoms with E-state index in [-0.39, 0.29) is 6.61 Å². The molecule has 0 saturated carbocycles. The van der Waals surface area contributed by atoms with Crippen LogP contribution in [0.15, 0.2) is 84.6 Å². The van der Waals surface area contributed by atoms with E-state index in [1.54, 1.807) is 17.4 Å². The smallest absolute Gasteiger partial charge is 0.331 e. The van der Waals surface area contributed by atoms with Gasteiger partial charge in [0.25, 0.3) is 0 Å². The third kappa shape index (κ3) is 4.10. The fraction of sp³-hybridized carbons (Fsp3) is 0.0800. The summed E-state index contributed by atoms with van der Waals surface area (Å²) in [7, 11) is 0. The molecule has 32 heavy (non-hydrogen) atoms. The molecular weight excluding hydrogens is 420 g/mol. The molecule has 5 aromatic rings. The summed E-state index contributed by atoms with van der Waals surface area (Å²) in [5.41, 5.74) is 5.26. The van der Waals surface area contributed by atoms with Crippen molar-refractivity contribution in [1.82, 2.24) is 19.2 Å². The first-order valence-electron chi connectivity index (χ1n) is 10.1. The van der Waals surface area contributed by atoms with E-state index in [1.165, 1.54) is 6.08 Å². The highest BCUT2D eigenvalue weighted by molar-refractivity contribution is 7.13. The number of imidazole rings is 1. The van der Waals surface area contributed by atoms with E-state index in [9.17, 15) is 4.79 Å². The van der Waals surface area contributed by atoms with Gasteiger partial charge in [0.05, 0.1) is 16.3 Å². The van der Waals surface area contributed by atoms with Gasteiger partial charge < -0.3 is 9.14 Å². The molecule has 5 rings (SSSR count). The lowest BCUT2D eigenvalue weighted by molar-refractivity contribution is -0.139. The Morgan fingerprint density at radius 3 is 2.75 bits per heavy atom. The summed E-state index contributed by atoms with van der Waals surface area (Å²) in [4.78, 5) is 18.0. The highest BCUT2D eigenvalue weighted by Gasteiger charge is 2.12. The molecule has 1 aromatic carbocycles. The molecule has 0 radical (unpaired) electrons. The van der Waals surface area contributed by atoms with Crippen molar-refractivity contribution in [1.29, 1.82) is 0 Å². The molecule has 0 amide bonds. The standard InChI is InChI=1S/C25H20N4O2S/c1-18-7-5-13-28-16-20(26-25(18)28)17-31-23(30)12-11-19-15-29(21-8-3-2-4-9-21)27-24(19)22-10-6-14-32-22/h2-16H,17H2,1H3/b12-11+. The number of rotatable bonds is 6. The molecular formula is C25H20N4O2S. The monoisotopic (exact) mass is 440 g/mol. The topological polar surface area (TPSA) is 61.4 Å². The van der Waals surface area contributed by atoms with Crippen LogP contribution in [0.1, 0.15) is 16.8 Å². The van der Waals surface area contributed by atoms with Gasteiger partial charge in [0.2, 0.25) is 0 Å². The molecule has 0 fully saturated rings. The Morgan fingerprint density at radius 1 is 1.09 bits per heavy atom. The molecule has 6 nitrogen and oxygen atoms in total. The minimum absolute atomic E-state index is 0.116. The number of hydrogen-bond donors (Lipinski definition) is 0. The molecule has 158 valence electrons. The number of benzene rings is 1. The van der Waals surface area contributed by atoms with Crippen molar-refractivity contribution >= 4 is 29.0 Å². The first kappa shape index (κ1) is 20.0. The van der Waals surface area contributed by atoms with Crippen LogP contribution >= 0.6 is 11.3 Å². The number of carbonyl (C=O) groups excluding carboxylic acids is 1. The maximum atomic E-state index is 12.4. The van der Waals surface area contributed by atoms with Crippen LogP contribution in [-0.2, 0) is 16.1 Å². The van der Waals surface area contributed by atoms with E-state index in [1.807, 2.05) is 94.6 Å². The first-order chi connectivity index (χ1) is 15.7. The van der Waals surface area contributed by atoms with Crippen LogP contribution in [0.3, 0.4) is 0 Å². The molecule has 0 spiro atoms. The number of thiophene rings is 1. The Balaban J connectivity index is 1.34. The largest absolute Gasteiger partial charge is 0.456 e. The van der Waals surface area contributed by atoms with E-state index in [0.717, 1.165) is 33.0 Å². The van der Waals surface area contributed by atoms with E-state index >= 15 is 0 Å². The van der Waals surface area contributed by atoms with Gasteiger partial charge in [0.1, 0.15) is 17.9 Å². The predicted octanol–water partition coefficient (Wildman–Crippen LogP) is 5.31. The SMILES string of the molecule is Cc1cccn2cc(COC(=O)/C=C/c3cn(-c4ccccc4)nc3-c3cccs3)nc12. The molecule has 0 N–H and O–H groups in total. The number of aromatic nitrogens is 4. The molecule has 0 aliphatic heterocycles. The first-order valence-corrected chi connectivity index (χ1v) is 11.0. The Kier molecular flexibility index (Phi) is 5.39. The highest BCUT2D eigenvalue weighted by Crippen LogP contribution is 2.28. The second-order valence-electron chi connectivity index (χ2n) is 7.29. The maximum absolute atomic E-state index is 12.4. The highest BCUT2D eigenvalue weighted by atomic mass is 32.1. The van der Waals surface area contributed by atoms with E-state index < -0.39 is 5.97 Å². The van der Waals surface area contributed by atoms with Crippen LogP contribution < -0.4 is 0 Å². The number of aryl methyl sites for hydroxylation is 1. The minimum atomic E-state index is -0.427. The minimum Gasteiger partial charge on any atom is -0.456 e. The summed E-state index contributed by atoms with van der Waals surface area (Å²) >= 11 is 1.61. The third-order valence-corrected chi connectivity index (χ3v) is 5.88. The van der Waals surface area contributed by atoms with E-state index in [2.05, 4.69) is 4.98 Å². The van der Waals surface area contributed by atoms with Crippen LogP contribution in [0.2, 0.25) is 0 Å².